The molecule has 0 aromatic heterocycles. The summed E-state index contributed by atoms with van der Waals surface area (Å²) in [5, 5.41) is 0. The number of hydrogen-bond donors (Lipinski definition) is 1. The Morgan fingerprint density at radius 2 is 1.42 bits per heavy atom. The van der Waals surface area contributed by atoms with Crippen molar-refractivity contribution < 1.29 is 4.74 Å². The molecule has 0 spiro atoms. The van der Waals surface area contributed by atoms with E-state index in [1.165, 1.54) is 0 Å². The van der Waals surface area contributed by atoms with Crippen LogP contribution in [0.4, 0.5) is 0 Å². The highest BCUT2D eigenvalue weighted by Crippen LogP contribution is 2.40. The third-order valence-electron chi connectivity index (χ3n) is 4.19. The summed E-state index contributed by atoms with van der Waals surface area (Å²) in [5.74, 6) is 0. The number of methoxy groups -OCH3 is 1. The fourth-order valence-electron chi connectivity index (χ4n) is 3.41. The van der Waals surface area contributed by atoms with Gasteiger partial charge in [0, 0.05) is 19.1 Å². The van der Waals surface area contributed by atoms with E-state index in [0.717, 1.165) is 23.1 Å². The van der Waals surface area contributed by atoms with Crippen LogP contribution < -0.4 is 5.73 Å². The van der Waals surface area contributed by atoms with Crippen molar-refractivity contribution in [3.63, 3.8) is 0 Å². The SMILES string of the molecule is C=C(C)CC(C)(N)CC(OC)(c1ccccc1)c1ccccc1.Cl. The molecule has 0 fully saturated rings. The highest BCUT2D eigenvalue weighted by molar-refractivity contribution is 5.85. The summed E-state index contributed by atoms with van der Waals surface area (Å²) in [6, 6.07) is 20.6. The van der Waals surface area contributed by atoms with Crippen LogP contribution >= 0.6 is 12.4 Å². The van der Waals surface area contributed by atoms with Gasteiger partial charge in [0.1, 0.15) is 5.60 Å². The molecule has 2 aromatic rings. The number of rotatable bonds is 7. The zero-order valence-electron chi connectivity index (χ0n) is 14.8. The predicted octanol–water partition coefficient (Wildman–Crippen LogP) is 5.07. The van der Waals surface area contributed by atoms with E-state index in [9.17, 15) is 0 Å². The molecule has 24 heavy (non-hydrogen) atoms. The van der Waals surface area contributed by atoms with Crippen molar-refractivity contribution in [1.82, 2.24) is 0 Å². The summed E-state index contributed by atoms with van der Waals surface area (Å²) in [6.07, 6.45) is 1.44. The van der Waals surface area contributed by atoms with Gasteiger partial charge in [-0.25, -0.2) is 0 Å². The quantitative estimate of drug-likeness (QED) is 0.711. The third kappa shape index (κ3) is 4.70. The highest BCUT2D eigenvalue weighted by Gasteiger charge is 2.40. The summed E-state index contributed by atoms with van der Waals surface area (Å²) < 4.78 is 6.12. The molecule has 2 nitrogen and oxygen atoms in total. The van der Waals surface area contributed by atoms with Crippen LogP contribution in [0.1, 0.15) is 37.8 Å². The number of hydrogen-bond acceptors (Lipinski definition) is 2. The summed E-state index contributed by atoms with van der Waals surface area (Å²) in [5.41, 5.74) is 8.96. The summed E-state index contributed by atoms with van der Waals surface area (Å²) in [7, 11) is 1.76. The molecule has 2 aromatic carbocycles. The van der Waals surface area contributed by atoms with E-state index in [2.05, 4.69) is 37.8 Å². The lowest BCUT2D eigenvalue weighted by Gasteiger charge is -2.40. The molecular weight excluding hydrogens is 318 g/mol. The normalized spacial score (nSPS) is 13.7. The van der Waals surface area contributed by atoms with Crippen LogP contribution in [0.15, 0.2) is 72.8 Å². The van der Waals surface area contributed by atoms with Crippen molar-refractivity contribution in [2.75, 3.05) is 7.11 Å². The van der Waals surface area contributed by atoms with E-state index in [-0.39, 0.29) is 12.4 Å². The molecule has 0 radical (unpaired) electrons. The molecule has 2 rings (SSSR count). The zero-order chi connectivity index (χ0) is 16.9. The van der Waals surface area contributed by atoms with Crippen molar-refractivity contribution in [2.24, 2.45) is 5.73 Å². The Bertz CT molecular complexity index is 598. The lowest BCUT2D eigenvalue weighted by atomic mass is 9.75. The van der Waals surface area contributed by atoms with Gasteiger partial charge in [0.2, 0.25) is 0 Å². The van der Waals surface area contributed by atoms with Crippen LogP contribution in [-0.4, -0.2) is 12.6 Å². The van der Waals surface area contributed by atoms with Gasteiger partial charge in [-0.1, -0.05) is 66.2 Å². The maximum atomic E-state index is 6.61. The maximum absolute atomic E-state index is 6.61. The van der Waals surface area contributed by atoms with Gasteiger partial charge >= 0.3 is 0 Å². The first-order chi connectivity index (χ1) is 10.9. The average molecular weight is 346 g/mol. The Labute approximate surface area is 152 Å². The van der Waals surface area contributed by atoms with Gasteiger partial charge in [0.15, 0.2) is 0 Å². The minimum absolute atomic E-state index is 0. The van der Waals surface area contributed by atoms with Crippen molar-refractivity contribution in [3.05, 3.63) is 83.9 Å². The second-order valence-electron chi connectivity index (χ2n) is 6.73. The van der Waals surface area contributed by atoms with E-state index in [1.807, 2.05) is 43.3 Å². The monoisotopic (exact) mass is 345 g/mol. The van der Waals surface area contributed by atoms with Crippen molar-refractivity contribution >= 4 is 12.4 Å². The second-order valence-corrected chi connectivity index (χ2v) is 6.73. The Kier molecular flexibility index (Phi) is 7.22. The van der Waals surface area contributed by atoms with E-state index in [0.29, 0.717) is 6.42 Å². The van der Waals surface area contributed by atoms with Crippen molar-refractivity contribution in [1.29, 1.82) is 0 Å². The summed E-state index contributed by atoms with van der Waals surface area (Å²) in [6.45, 7) is 8.11. The first kappa shape index (κ1) is 20.4. The van der Waals surface area contributed by atoms with Crippen LogP contribution in [0.2, 0.25) is 0 Å². The van der Waals surface area contributed by atoms with Gasteiger partial charge in [-0.2, -0.15) is 0 Å². The largest absolute Gasteiger partial charge is 0.369 e. The molecule has 0 heterocycles. The zero-order valence-corrected chi connectivity index (χ0v) is 15.6. The molecule has 2 N–H and O–H groups in total. The highest BCUT2D eigenvalue weighted by atomic mass is 35.5. The van der Waals surface area contributed by atoms with Gasteiger partial charge in [-0.05, 0) is 31.4 Å². The molecule has 0 aliphatic heterocycles. The van der Waals surface area contributed by atoms with E-state index in [1.54, 1.807) is 7.11 Å². The average Bonchev–Trinajstić information content (AvgIpc) is 2.53. The molecule has 0 amide bonds. The fraction of sp³-hybridized carbons (Fsp3) is 0.333. The molecule has 1 atom stereocenters. The van der Waals surface area contributed by atoms with Crippen molar-refractivity contribution in [2.45, 2.75) is 37.8 Å². The van der Waals surface area contributed by atoms with Crippen LogP contribution in [0.5, 0.6) is 0 Å². The lowest BCUT2D eigenvalue weighted by molar-refractivity contribution is -0.00218. The molecule has 1 unspecified atom stereocenters. The van der Waals surface area contributed by atoms with Crippen LogP contribution in [-0.2, 0) is 10.3 Å². The predicted molar refractivity (Wildman–Crippen MR) is 105 cm³/mol. The minimum atomic E-state index is -0.568. The smallest absolute Gasteiger partial charge is 0.119 e. The van der Waals surface area contributed by atoms with Gasteiger partial charge in [0.25, 0.3) is 0 Å². The second kappa shape index (κ2) is 8.48. The van der Waals surface area contributed by atoms with Gasteiger partial charge in [0.05, 0.1) is 0 Å². The van der Waals surface area contributed by atoms with Crippen LogP contribution in [0.3, 0.4) is 0 Å². The van der Waals surface area contributed by atoms with E-state index < -0.39 is 11.1 Å². The lowest BCUT2D eigenvalue weighted by Crippen LogP contribution is -2.46. The Morgan fingerprint density at radius 3 is 1.75 bits per heavy atom. The number of halogens is 1. The molecule has 0 saturated heterocycles. The van der Waals surface area contributed by atoms with Gasteiger partial charge < -0.3 is 10.5 Å². The Morgan fingerprint density at radius 1 is 1.00 bits per heavy atom. The van der Waals surface area contributed by atoms with E-state index in [4.69, 9.17) is 10.5 Å². The third-order valence-corrected chi connectivity index (χ3v) is 4.19. The first-order valence-corrected chi connectivity index (χ1v) is 7.99. The number of benzene rings is 2. The summed E-state index contributed by atoms with van der Waals surface area (Å²) >= 11 is 0. The molecular formula is C21H28ClNO. The van der Waals surface area contributed by atoms with E-state index >= 15 is 0 Å². The molecule has 3 heteroatoms. The molecule has 0 aliphatic rings. The minimum Gasteiger partial charge on any atom is -0.369 e. The molecule has 0 saturated carbocycles. The molecule has 0 aliphatic carbocycles. The van der Waals surface area contributed by atoms with Gasteiger partial charge in [-0.3, -0.25) is 0 Å². The first-order valence-electron chi connectivity index (χ1n) is 7.99. The molecule has 130 valence electrons. The Hall–Kier alpha value is -1.61. The molecule has 0 bridgehead atoms. The maximum Gasteiger partial charge on any atom is 0.119 e. The van der Waals surface area contributed by atoms with Gasteiger partial charge in [-0.15, -0.1) is 19.0 Å². The number of ether oxygens (including phenoxy) is 1. The topological polar surface area (TPSA) is 35.2 Å². The number of nitrogens with two attached hydrogens (primary N) is 1. The Balaban J connectivity index is 0.00000288. The van der Waals surface area contributed by atoms with Crippen LogP contribution in [0, 0.1) is 0 Å². The summed E-state index contributed by atoms with van der Waals surface area (Å²) in [4.78, 5) is 0. The standard InChI is InChI=1S/C21H27NO.ClH/c1-17(2)15-20(3,22)16-21(23-4,18-11-7-5-8-12-18)19-13-9-6-10-14-19;/h5-14H,1,15-16,22H2,2-4H3;1H. The van der Waals surface area contributed by atoms with Crippen molar-refractivity contribution in [3.8, 4) is 0 Å². The fourth-order valence-corrected chi connectivity index (χ4v) is 3.41. The van der Waals surface area contributed by atoms with Crippen LogP contribution in [0.25, 0.3) is 0 Å².